The minimum absolute atomic E-state index is 0.468. The van der Waals surface area contributed by atoms with Crippen LogP contribution in [0.1, 0.15) is 20.3 Å². The van der Waals surface area contributed by atoms with Crippen molar-refractivity contribution >= 4 is 0 Å². The summed E-state index contributed by atoms with van der Waals surface area (Å²) < 4.78 is 12.7. The average molecular weight is 145 g/mol. The number of likely N-dealkylation sites (tertiary alicyclic amines) is 1. The molecule has 0 radical (unpaired) electrons. The van der Waals surface area contributed by atoms with Gasteiger partial charge >= 0.3 is 0 Å². The van der Waals surface area contributed by atoms with E-state index in [2.05, 4.69) is 18.7 Å². The largest absolute Gasteiger partial charge is 0.300 e. The van der Waals surface area contributed by atoms with Crippen LogP contribution >= 0.6 is 0 Å². The van der Waals surface area contributed by atoms with Gasteiger partial charge in [0.05, 0.1) is 0 Å². The summed E-state index contributed by atoms with van der Waals surface area (Å²) in [5.74, 6) is 0.589. The lowest BCUT2D eigenvalue weighted by molar-refractivity contribution is 0.248. The molecule has 1 aliphatic heterocycles. The van der Waals surface area contributed by atoms with Crippen LogP contribution < -0.4 is 0 Å². The Bertz CT molecular complexity index is 114. The highest BCUT2D eigenvalue weighted by Crippen LogP contribution is 2.23. The third-order valence-corrected chi connectivity index (χ3v) is 2.32. The van der Waals surface area contributed by atoms with Gasteiger partial charge in [-0.2, -0.15) is 0 Å². The maximum atomic E-state index is 12.7. The highest BCUT2D eigenvalue weighted by Gasteiger charge is 2.30. The number of alkyl halides is 1. The highest BCUT2D eigenvalue weighted by molar-refractivity contribution is 4.84. The van der Waals surface area contributed by atoms with Crippen molar-refractivity contribution in [1.29, 1.82) is 0 Å². The third-order valence-electron chi connectivity index (χ3n) is 2.32. The van der Waals surface area contributed by atoms with Crippen LogP contribution in [0.2, 0.25) is 0 Å². The molecule has 2 atom stereocenters. The molecule has 0 bridgehead atoms. The van der Waals surface area contributed by atoms with Gasteiger partial charge in [0, 0.05) is 12.6 Å². The van der Waals surface area contributed by atoms with Gasteiger partial charge < -0.3 is 4.90 Å². The molecule has 0 amide bonds. The molecule has 0 aliphatic carbocycles. The van der Waals surface area contributed by atoms with E-state index in [9.17, 15) is 4.39 Å². The summed E-state index contributed by atoms with van der Waals surface area (Å²) in [7, 11) is 2.00. The van der Waals surface area contributed by atoms with Gasteiger partial charge in [-0.25, -0.2) is 4.39 Å². The number of nitrogens with zero attached hydrogens (tertiary/aromatic N) is 1. The van der Waals surface area contributed by atoms with Crippen molar-refractivity contribution in [3.8, 4) is 0 Å². The fraction of sp³-hybridized carbons (Fsp3) is 1.00. The van der Waals surface area contributed by atoms with Crippen molar-refractivity contribution in [2.75, 3.05) is 13.6 Å². The Kier molecular flexibility index (Phi) is 2.29. The zero-order valence-electron chi connectivity index (χ0n) is 6.97. The minimum atomic E-state index is -0.586. The first-order valence-corrected chi connectivity index (χ1v) is 3.95. The van der Waals surface area contributed by atoms with Crippen LogP contribution in [-0.4, -0.2) is 30.7 Å². The third kappa shape index (κ3) is 1.48. The van der Waals surface area contributed by atoms with E-state index < -0.39 is 6.17 Å². The lowest BCUT2D eigenvalue weighted by atomic mass is 10.0. The number of halogens is 1. The summed E-state index contributed by atoms with van der Waals surface area (Å²) in [5.41, 5.74) is 0. The van der Waals surface area contributed by atoms with Crippen molar-refractivity contribution in [2.45, 2.75) is 32.5 Å². The molecule has 0 N–H and O–H groups in total. The molecule has 0 aromatic carbocycles. The standard InChI is InChI=1S/C8H16FN/c1-6(2)8-4-7(9)5-10(8)3/h6-8H,4-5H2,1-3H3/t7-,8+/m1/s1. The molecule has 1 nitrogen and oxygen atoms in total. The number of rotatable bonds is 1. The topological polar surface area (TPSA) is 3.24 Å². The van der Waals surface area contributed by atoms with E-state index in [4.69, 9.17) is 0 Å². The van der Waals surface area contributed by atoms with Crippen molar-refractivity contribution < 1.29 is 4.39 Å². The Morgan fingerprint density at radius 3 is 2.30 bits per heavy atom. The summed E-state index contributed by atoms with van der Waals surface area (Å²) in [6.45, 7) is 4.93. The zero-order valence-corrected chi connectivity index (χ0v) is 6.97. The fourth-order valence-corrected chi connectivity index (χ4v) is 1.75. The molecule has 1 rings (SSSR count). The average Bonchev–Trinajstić information content (AvgIpc) is 2.10. The lowest BCUT2D eigenvalue weighted by Crippen LogP contribution is -2.29. The highest BCUT2D eigenvalue weighted by atomic mass is 19.1. The second kappa shape index (κ2) is 2.87. The second-order valence-corrected chi connectivity index (χ2v) is 3.58. The quantitative estimate of drug-likeness (QED) is 0.542. The van der Waals surface area contributed by atoms with Gasteiger partial charge in [0.2, 0.25) is 0 Å². The molecule has 10 heavy (non-hydrogen) atoms. The van der Waals surface area contributed by atoms with E-state index >= 15 is 0 Å². The molecular weight excluding hydrogens is 129 g/mol. The van der Waals surface area contributed by atoms with Crippen LogP contribution in [-0.2, 0) is 0 Å². The normalized spacial score (nSPS) is 35.7. The van der Waals surface area contributed by atoms with Gasteiger partial charge in [-0.1, -0.05) is 13.8 Å². The first-order chi connectivity index (χ1) is 4.61. The van der Waals surface area contributed by atoms with Crippen LogP contribution in [0.5, 0.6) is 0 Å². The Morgan fingerprint density at radius 1 is 1.50 bits per heavy atom. The van der Waals surface area contributed by atoms with Gasteiger partial charge in [0.25, 0.3) is 0 Å². The maximum Gasteiger partial charge on any atom is 0.114 e. The van der Waals surface area contributed by atoms with Gasteiger partial charge in [-0.3, -0.25) is 0 Å². The van der Waals surface area contributed by atoms with Gasteiger partial charge in [-0.05, 0) is 19.4 Å². The van der Waals surface area contributed by atoms with Crippen LogP contribution in [0.4, 0.5) is 4.39 Å². The molecule has 1 heterocycles. The van der Waals surface area contributed by atoms with E-state index in [1.807, 2.05) is 7.05 Å². The van der Waals surface area contributed by atoms with Gasteiger partial charge in [-0.15, -0.1) is 0 Å². The molecule has 0 spiro atoms. The van der Waals surface area contributed by atoms with E-state index in [1.165, 1.54) is 0 Å². The molecule has 0 aromatic heterocycles. The van der Waals surface area contributed by atoms with Crippen molar-refractivity contribution in [1.82, 2.24) is 4.90 Å². The van der Waals surface area contributed by atoms with Crippen LogP contribution in [0, 0.1) is 5.92 Å². The minimum Gasteiger partial charge on any atom is -0.300 e. The van der Waals surface area contributed by atoms with E-state index in [0.717, 1.165) is 6.42 Å². The summed E-state index contributed by atoms with van der Waals surface area (Å²) in [6, 6.07) is 0.468. The number of hydrogen-bond donors (Lipinski definition) is 0. The molecule has 0 aromatic rings. The second-order valence-electron chi connectivity index (χ2n) is 3.58. The monoisotopic (exact) mass is 145 g/mol. The zero-order chi connectivity index (χ0) is 7.72. The van der Waals surface area contributed by atoms with Crippen molar-refractivity contribution in [3.05, 3.63) is 0 Å². The smallest absolute Gasteiger partial charge is 0.114 e. The lowest BCUT2D eigenvalue weighted by Gasteiger charge is -2.22. The van der Waals surface area contributed by atoms with Crippen LogP contribution in [0.25, 0.3) is 0 Å². The maximum absolute atomic E-state index is 12.7. The summed E-state index contributed by atoms with van der Waals surface area (Å²) in [6.07, 6.45) is 0.145. The number of hydrogen-bond acceptors (Lipinski definition) is 1. The first kappa shape index (κ1) is 7.99. The molecule has 1 fully saturated rings. The first-order valence-electron chi connectivity index (χ1n) is 3.95. The summed E-state index contributed by atoms with van der Waals surface area (Å²) in [5, 5.41) is 0. The van der Waals surface area contributed by atoms with E-state index in [1.54, 1.807) is 0 Å². The predicted octanol–water partition coefficient (Wildman–Crippen LogP) is 1.68. The van der Waals surface area contributed by atoms with E-state index in [0.29, 0.717) is 18.5 Å². The van der Waals surface area contributed by atoms with Crippen molar-refractivity contribution in [3.63, 3.8) is 0 Å². The van der Waals surface area contributed by atoms with Gasteiger partial charge in [0.1, 0.15) is 6.17 Å². The molecule has 60 valence electrons. The molecule has 1 aliphatic rings. The van der Waals surface area contributed by atoms with Gasteiger partial charge in [0.15, 0.2) is 0 Å². The van der Waals surface area contributed by atoms with E-state index in [-0.39, 0.29) is 0 Å². The summed E-state index contributed by atoms with van der Waals surface area (Å²) in [4.78, 5) is 2.12. The fourth-order valence-electron chi connectivity index (χ4n) is 1.75. The molecular formula is C8H16FN. The molecule has 2 heteroatoms. The Morgan fingerprint density at radius 2 is 2.10 bits per heavy atom. The molecule has 1 saturated heterocycles. The van der Waals surface area contributed by atoms with Crippen LogP contribution in [0.15, 0.2) is 0 Å². The molecule has 0 saturated carbocycles. The summed E-state index contributed by atoms with van der Waals surface area (Å²) >= 11 is 0. The Labute approximate surface area is 62.2 Å². The molecule has 0 unspecified atom stereocenters. The Balaban J connectivity index is 2.46. The SMILES string of the molecule is CC(C)[C@@H]1C[C@@H](F)CN1C. The van der Waals surface area contributed by atoms with Crippen LogP contribution in [0.3, 0.4) is 0 Å². The Hall–Kier alpha value is -0.110. The van der Waals surface area contributed by atoms with Crippen molar-refractivity contribution in [2.24, 2.45) is 5.92 Å². The predicted molar refractivity (Wildman–Crippen MR) is 40.8 cm³/mol.